The molecule has 0 saturated heterocycles. The average molecular weight is 426 g/mol. The van der Waals surface area contributed by atoms with Gasteiger partial charge in [-0.1, -0.05) is 69.0 Å². The van der Waals surface area contributed by atoms with Crippen LogP contribution in [-0.4, -0.2) is 13.4 Å². The number of alkyl halides is 2. The maximum Gasteiger partial charge on any atom is 0.115 e. The number of hydrogen-bond donors (Lipinski definition) is 2. The fourth-order valence-corrected chi connectivity index (χ4v) is 5.38. The van der Waals surface area contributed by atoms with Crippen LogP contribution in [0.4, 0.5) is 0 Å². The zero-order valence-corrected chi connectivity index (χ0v) is 15.3. The molecule has 0 radical (unpaired) electrons. The number of benzene rings is 2. The van der Waals surface area contributed by atoms with E-state index in [2.05, 4.69) is 31.9 Å². The van der Waals surface area contributed by atoms with Crippen LogP contribution in [-0.2, 0) is 5.41 Å². The quantitative estimate of drug-likeness (QED) is 0.628. The molecule has 0 amide bonds. The van der Waals surface area contributed by atoms with Gasteiger partial charge in [0.25, 0.3) is 0 Å². The molecule has 0 heterocycles. The second kappa shape index (κ2) is 5.89. The Morgan fingerprint density at radius 3 is 1.50 bits per heavy atom. The summed E-state index contributed by atoms with van der Waals surface area (Å²) in [7, 11) is 0. The highest BCUT2D eigenvalue weighted by atomic mass is 79.9. The molecule has 0 aromatic heterocycles. The van der Waals surface area contributed by atoms with Gasteiger partial charge in [0, 0.05) is 5.41 Å². The van der Waals surface area contributed by atoms with Crippen molar-refractivity contribution in [1.82, 2.24) is 0 Å². The van der Waals surface area contributed by atoms with E-state index in [0.29, 0.717) is 0 Å². The van der Waals surface area contributed by atoms with E-state index in [1.165, 1.54) is 0 Å². The molecule has 2 aromatic carbocycles. The topological polar surface area (TPSA) is 40.5 Å². The first kappa shape index (κ1) is 15.9. The number of aromatic hydroxyl groups is 2. The standard InChI is InChI=1S/C18H18Br2O2/c19-18(20)12-2-1-11-17(18,13-3-7-15(21)8-4-13)14-5-9-16(22)10-6-14/h3-10,21-22H,1-2,11-12H2. The Labute approximate surface area is 147 Å². The van der Waals surface area contributed by atoms with E-state index in [1.807, 2.05) is 24.3 Å². The molecule has 2 N–H and O–H groups in total. The molecule has 2 aromatic rings. The third-order valence-corrected chi connectivity index (χ3v) is 6.78. The first-order valence-electron chi connectivity index (χ1n) is 7.43. The summed E-state index contributed by atoms with van der Waals surface area (Å²) in [5.74, 6) is 0.547. The van der Waals surface area contributed by atoms with Crippen LogP contribution in [0.25, 0.3) is 0 Å². The number of hydrogen-bond acceptors (Lipinski definition) is 2. The minimum Gasteiger partial charge on any atom is -0.508 e. The second-order valence-corrected chi connectivity index (χ2v) is 9.68. The highest BCUT2D eigenvalue weighted by Gasteiger charge is 2.52. The predicted molar refractivity (Wildman–Crippen MR) is 96.0 cm³/mol. The van der Waals surface area contributed by atoms with Gasteiger partial charge < -0.3 is 10.2 Å². The molecule has 22 heavy (non-hydrogen) atoms. The molecule has 1 aliphatic rings. The largest absolute Gasteiger partial charge is 0.508 e. The Kier molecular flexibility index (Phi) is 4.25. The SMILES string of the molecule is Oc1ccc(C2(c3ccc(O)cc3)CCCCC2(Br)Br)cc1. The molecule has 4 heteroatoms. The van der Waals surface area contributed by atoms with Gasteiger partial charge in [0.1, 0.15) is 11.5 Å². The van der Waals surface area contributed by atoms with Crippen molar-refractivity contribution in [1.29, 1.82) is 0 Å². The lowest BCUT2D eigenvalue weighted by atomic mass is 9.65. The summed E-state index contributed by atoms with van der Waals surface area (Å²) >= 11 is 7.84. The molecule has 1 aliphatic carbocycles. The van der Waals surface area contributed by atoms with E-state index in [-0.39, 0.29) is 20.1 Å². The summed E-state index contributed by atoms with van der Waals surface area (Å²) < 4.78 is -0.251. The van der Waals surface area contributed by atoms with Gasteiger partial charge in [-0.15, -0.1) is 0 Å². The van der Waals surface area contributed by atoms with Crippen LogP contribution in [0, 0.1) is 0 Å². The first-order chi connectivity index (χ1) is 10.5. The summed E-state index contributed by atoms with van der Waals surface area (Å²) in [5, 5.41) is 19.2. The Morgan fingerprint density at radius 1 is 0.682 bits per heavy atom. The van der Waals surface area contributed by atoms with Gasteiger partial charge >= 0.3 is 0 Å². The van der Waals surface area contributed by atoms with Gasteiger partial charge in [-0.2, -0.15) is 0 Å². The van der Waals surface area contributed by atoms with Crippen LogP contribution in [0.15, 0.2) is 48.5 Å². The summed E-state index contributed by atoms with van der Waals surface area (Å²) in [6.07, 6.45) is 4.31. The minimum absolute atomic E-state index is 0.243. The zero-order valence-electron chi connectivity index (χ0n) is 12.1. The van der Waals surface area contributed by atoms with Crippen LogP contribution in [0.3, 0.4) is 0 Å². The highest BCUT2D eigenvalue weighted by molar-refractivity contribution is 9.25. The van der Waals surface area contributed by atoms with Gasteiger partial charge in [0.05, 0.1) is 3.23 Å². The molecule has 0 unspecified atom stereocenters. The van der Waals surface area contributed by atoms with Crippen molar-refractivity contribution in [3.63, 3.8) is 0 Å². The molecule has 3 rings (SSSR count). The highest BCUT2D eigenvalue weighted by Crippen LogP contribution is 2.58. The fourth-order valence-electron chi connectivity index (χ4n) is 3.50. The molecule has 0 aliphatic heterocycles. The minimum atomic E-state index is -0.251. The molecule has 2 nitrogen and oxygen atoms in total. The van der Waals surface area contributed by atoms with Crippen molar-refractivity contribution in [2.75, 3.05) is 0 Å². The lowest BCUT2D eigenvalue weighted by molar-refractivity contribution is 0.344. The van der Waals surface area contributed by atoms with Crippen molar-refractivity contribution in [3.8, 4) is 11.5 Å². The van der Waals surface area contributed by atoms with Crippen LogP contribution in [0.5, 0.6) is 11.5 Å². The Morgan fingerprint density at radius 2 is 1.09 bits per heavy atom. The third kappa shape index (κ3) is 2.56. The van der Waals surface area contributed by atoms with Crippen molar-refractivity contribution in [2.45, 2.75) is 34.3 Å². The monoisotopic (exact) mass is 424 g/mol. The Hall–Kier alpha value is -1.00. The first-order valence-corrected chi connectivity index (χ1v) is 9.01. The number of phenols is 2. The van der Waals surface area contributed by atoms with Crippen LogP contribution in [0.1, 0.15) is 36.8 Å². The molecule has 0 spiro atoms. The molecule has 0 atom stereocenters. The third-order valence-electron chi connectivity index (χ3n) is 4.64. The van der Waals surface area contributed by atoms with Crippen molar-refractivity contribution < 1.29 is 10.2 Å². The normalized spacial score (nSPS) is 19.7. The molecular weight excluding hydrogens is 408 g/mol. The van der Waals surface area contributed by atoms with E-state index in [9.17, 15) is 10.2 Å². The molecule has 1 fully saturated rings. The van der Waals surface area contributed by atoms with Gasteiger partial charge in [-0.05, 0) is 48.2 Å². The summed E-state index contributed by atoms with van der Waals surface area (Å²) in [4.78, 5) is 0. The molecule has 0 bridgehead atoms. The fraction of sp³-hybridized carbons (Fsp3) is 0.333. The van der Waals surface area contributed by atoms with Gasteiger partial charge in [0.2, 0.25) is 0 Å². The second-order valence-electron chi connectivity index (χ2n) is 5.91. The van der Waals surface area contributed by atoms with Crippen LogP contribution in [0.2, 0.25) is 0 Å². The van der Waals surface area contributed by atoms with Gasteiger partial charge in [-0.25, -0.2) is 0 Å². The summed E-state index contributed by atoms with van der Waals surface area (Å²) in [6.45, 7) is 0. The predicted octanol–water partition coefficient (Wildman–Crippen LogP) is 5.44. The maximum atomic E-state index is 9.62. The van der Waals surface area contributed by atoms with Crippen molar-refractivity contribution in [3.05, 3.63) is 59.7 Å². The molecule has 116 valence electrons. The number of halogens is 2. The smallest absolute Gasteiger partial charge is 0.115 e. The van der Waals surface area contributed by atoms with Crippen molar-refractivity contribution in [2.24, 2.45) is 0 Å². The average Bonchev–Trinajstić information content (AvgIpc) is 2.49. The van der Waals surface area contributed by atoms with E-state index in [4.69, 9.17) is 0 Å². The van der Waals surface area contributed by atoms with Crippen LogP contribution < -0.4 is 0 Å². The van der Waals surface area contributed by atoms with E-state index in [0.717, 1.165) is 36.8 Å². The van der Waals surface area contributed by atoms with E-state index in [1.54, 1.807) is 24.3 Å². The lowest BCUT2D eigenvalue weighted by Crippen LogP contribution is -2.46. The lowest BCUT2D eigenvalue weighted by Gasteiger charge is -2.48. The zero-order chi connectivity index (χ0) is 15.8. The Balaban J connectivity index is 2.21. The number of phenolic OH excluding ortho intramolecular Hbond substituents is 2. The molecule has 1 saturated carbocycles. The summed E-state index contributed by atoms with van der Waals surface area (Å²) in [6, 6.07) is 14.9. The van der Waals surface area contributed by atoms with Gasteiger partial charge in [0.15, 0.2) is 0 Å². The van der Waals surface area contributed by atoms with Crippen molar-refractivity contribution >= 4 is 31.9 Å². The van der Waals surface area contributed by atoms with E-state index >= 15 is 0 Å². The molecular formula is C18H18Br2O2. The van der Waals surface area contributed by atoms with E-state index < -0.39 is 0 Å². The Bertz CT molecular complexity index is 602. The van der Waals surface area contributed by atoms with Gasteiger partial charge in [-0.3, -0.25) is 0 Å². The number of rotatable bonds is 2. The maximum absolute atomic E-state index is 9.62. The summed E-state index contributed by atoms with van der Waals surface area (Å²) in [5.41, 5.74) is 2.07. The van der Waals surface area contributed by atoms with Crippen LogP contribution >= 0.6 is 31.9 Å².